The van der Waals surface area contributed by atoms with Crippen LogP contribution in [0.25, 0.3) is 0 Å². The number of furan rings is 1. The van der Waals surface area contributed by atoms with Gasteiger partial charge in [-0.2, -0.15) is 0 Å². The maximum atomic E-state index is 10.9. The number of esters is 1. The van der Waals surface area contributed by atoms with E-state index in [1.807, 2.05) is 0 Å². The molecular formula is C7H9ClO4. The van der Waals surface area contributed by atoms with Crippen LogP contribution in [-0.2, 0) is 4.74 Å². The van der Waals surface area contributed by atoms with Crippen LogP contribution in [0.15, 0.2) is 23.0 Å². The molecule has 0 aromatic carbocycles. The summed E-state index contributed by atoms with van der Waals surface area (Å²) in [7, 11) is 0. The van der Waals surface area contributed by atoms with Crippen LogP contribution in [0.2, 0.25) is 0 Å². The van der Waals surface area contributed by atoms with E-state index in [1.54, 1.807) is 0 Å². The van der Waals surface area contributed by atoms with Gasteiger partial charge >= 0.3 is 5.97 Å². The van der Waals surface area contributed by atoms with Gasteiger partial charge < -0.3 is 14.3 Å². The Bertz CT molecular complexity index is 219. The van der Waals surface area contributed by atoms with Crippen molar-refractivity contribution >= 4 is 18.4 Å². The molecular weight excluding hydrogens is 184 g/mol. The van der Waals surface area contributed by atoms with Crippen LogP contribution in [0.1, 0.15) is 10.4 Å². The highest BCUT2D eigenvalue weighted by molar-refractivity contribution is 5.88. The third kappa shape index (κ3) is 2.94. The second kappa shape index (κ2) is 5.62. The SMILES string of the molecule is Cl.O=C(OCCO)c1ccoc1. The molecule has 1 N–H and O–H groups in total. The quantitative estimate of drug-likeness (QED) is 0.722. The summed E-state index contributed by atoms with van der Waals surface area (Å²) in [5, 5.41) is 8.31. The summed E-state index contributed by atoms with van der Waals surface area (Å²) in [6.07, 6.45) is 2.68. The Balaban J connectivity index is 0.00000121. The van der Waals surface area contributed by atoms with Gasteiger partial charge in [0.1, 0.15) is 12.9 Å². The number of halogens is 1. The minimum atomic E-state index is -0.479. The highest BCUT2D eigenvalue weighted by Crippen LogP contribution is 2.01. The first kappa shape index (κ1) is 11.0. The van der Waals surface area contributed by atoms with Gasteiger partial charge in [-0.15, -0.1) is 12.4 Å². The number of carbonyl (C=O) groups excluding carboxylic acids is 1. The molecule has 1 aromatic rings. The Hall–Kier alpha value is -1.00. The predicted octanol–water partition coefficient (Wildman–Crippen LogP) is 0.851. The number of ether oxygens (including phenoxy) is 1. The summed E-state index contributed by atoms with van der Waals surface area (Å²) >= 11 is 0. The lowest BCUT2D eigenvalue weighted by Crippen LogP contribution is -2.07. The molecule has 4 nitrogen and oxygen atoms in total. The summed E-state index contributed by atoms with van der Waals surface area (Å²) < 4.78 is 9.24. The van der Waals surface area contributed by atoms with Crippen molar-refractivity contribution in [2.24, 2.45) is 0 Å². The third-order valence-corrected chi connectivity index (χ3v) is 1.08. The third-order valence-electron chi connectivity index (χ3n) is 1.08. The highest BCUT2D eigenvalue weighted by atomic mass is 35.5. The molecule has 0 amide bonds. The molecule has 0 spiro atoms. The summed E-state index contributed by atoms with van der Waals surface area (Å²) in [6.45, 7) is -0.145. The van der Waals surface area contributed by atoms with Crippen molar-refractivity contribution < 1.29 is 19.1 Å². The molecule has 68 valence electrons. The summed E-state index contributed by atoms with van der Waals surface area (Å²) in [4.78, 5) is 10.9. The molecule has 0 aliphatic carbocycles. The zero-order valence-corrected chi connectivity index (χ0v) is 7.04. The van der Waals surface area contributed by atoms with Crippen molar-refractivity contribution in [2.45, 2.75) is 0 Å². The van der Waals surface area contributed by atoms with E-state index in [1.165, 1.54) is 18.6 Å². The molecule has 0 fully saturated rings. The number of carbonyl (C=O) groups is 1. The normalized spacial score (nSPS) is 8.75. The van der Waals surface area contributed by atoms with Gasteiger partial charge in [0.15, 0.2) is 0 Å². The van der Waals surface area contributed by atoms with Crippen LogP contribution in [0.3, 0.4) is 0 Å². The maximum absolute atomic E-state index is 10.9. The second-order valence-electron chi connectivity index (χ2n) is 1.87. The van der Waals surface area contributed by atoms with Crippen LogP contribution in [0, 0.1) is 0 Å². The number of aliphatic hydroxyl groups is 1. The zero-order valence-electron chi connectivity index (χ0n) is 6.23. The zero-order chi connectivity index (χ0) is 8.10. The molecule has 0 radical (unpaired) electrons. The lowest BCUT2D eigenvalue weighted by atomic mass is 10.3. The van der Waals surface area contributed by atoms with Gasteiger partial charge in [0.2, 0.25) is 0 Å². The van der Waals surface area contributed by atoms with Gasteiger partial charge in [-0.1, -0.05) is 0 Å². The van der Waals surface area contributed by atoms with E-state index in [2.05, 4.69) is 9.15 Å². The van der Waals surface area contributed by atoms with Crippen molar-refractivity contribution in [3.63, 3.8) is 0 Å². The molecule has 0 unspecified atom stereocenters. The largest absolute Gasteiger partial charge is 0.472 e. The highest BCUT2D eigenvalue weighted by Gasteiger charge is 2.06. The fraction of sp³-hybridized carbons (Fsp3) is 0.286. The van der Waals surface area contributed by atoms with Crippen molar-refractivity contribution in [1.82, 2.24) is 0 Å². The average molecular weight is 193 g/mol. The summed E-state index contributed by atoms with van der Waals surface area (Å²) in [6, 6.07) is 1.50. The molecule has 0 atom stereocenters. The van der Waals surface area contributed by atoms with E-state index in [9.17, 15) is 4.79 Å². The smallest absolute Gasteiger partial charge is 0.341 e. The molecule has 0 aliphatic heterocycles. The average Bonchev–Trinajstić information content (AvgIpc) is 2.52. The molecule has 0 saturated carbocycles. The molecule has 5 heteroatoms. The van der Waals surface area contributed by atoms with E-state index in [-0.39, 0.29) is 25.6 Å². The predicted molar refractivity (Wildman–Crippen MR) is 43.3 cm³/mol. The van der Waals surface area contributed by atoms with Crippen molar-refractivity contribution in [1.29, 1.82) is 0 Å². The first-order chi connectivity index (χ1) is 5.34. The van der Waals surface area contributed by atoms with Crippen LogP contribution in [0.4, 0.5) is 0 Å². The maximum Gasteiger partial charge on any atom is 0.341 e. The minimum Gasteiger partial charge on any atom is -0.472 e. The minimum absolute atomic E-state index is 0. The molecule has 0 saturated heterocycles. The van der Waals surface area contributed by atoms with E-state index in [0.717, 1.165) is 0 Å². The first-order valence-electron chi connectivity index (χ1n) is 3.15. The Kier molecular flexibility index (Phi) is 5.16. The van der Waals surface area contributed by atoms with Crippen molar-refractivity contribution in [3.05, 3.63) is 24.2 Å². The van der Waals surface area contributed by atoms with Crippen molar-refractivity contribution in [3.8, 4) is 0 Å². The van der Waals surface area contributed by atoms with E-state index >= 15 is 0 Å². The van der Waals surface area contributed by atoms with Gasteiger partial charge in [0.25, 0.3) is 0 Å². The molecule has 1 rings (SSSR count). The number of hydrogen-bond acceptors (Lipinski definition) is 4. The Morgan fingerprint density at radius 3 is 2.92 bits per heavy atom. The summed E-state index contributed by atoms with van der Waals surface area (Å²) in [5.41, 5.74) is 0.360. The number of hydrogen-bond donors (Lipinski definition) is 1. The van der Waals surface area contributed by atoms with Gasteiger partial charge in [-0.05, 0) is 6.07 Å². The van der Waals surface area contributed by atoms with Gasteiger partial charge in [0.05, 0.1) is 18.4 Å². The first-order valence-corrected chi connectivity index (χ1v) is 3.15. The van der Waals surface area contributed by atoms with Crippen LogP contribution >= 0.6 is 12.4 Å². The van der Waals surface area contributed by atoms with Gasteiger partial charge in [-0.3, -0.25) is 0 Å². The Labute approximate surface area is 75.5 Å². The lowest BCUT2D eigenvalue weighted by molar-refractivity contribution is 0.0433. The molecule has 1 aromatic heterocycles. The van der Waals surface area contributed by atoms with Crippen LogP contribution < -0.4 is 0 Å². The Morgan fingerprint density at radius 2 is 2.42 bits per heavy atom. The molecule has 0 bridgehead atoms. The van der Waals surface area contributed by atoms with Gasteiger partial charge in [0, 0.05) is 0 Å². The van der Waals surface area contributed by atoms with E-state index in [4.69, 9.17) is 5.11 Å². The molecule has 0 aliphatic rings. The molecule has 1 heterocycles. The fourth-order valence-electron chi connectivity index (χ4n) is 0.602. The Morgan fingerprint density at radius 1 is 1.67 bits per heavy atom. The topological polar surface area (TPSA) is 59.7 Å². The monoisotopic (exact) mass is 192 g/mol. The summed E-state index contributed by atoms with van der Waals surface area (Å²) in [5.74, 6) is -0.479. The van der Waals surface area contributed by atoms with Crippen LogP contribution in [-0.4, -0.2) is 24.3 Å². The number of rotatable bonds is 3. The second-order valence-corrected chi connectivity index (χ2v) is 1.87. The van der Waals surface area contributed by atoms with E-state index in [0.29, 0.717) is 5.56 Å². The molecule has 12 heavy (non-hydrogen) atoms. The van der Waals surface area contributed by atoms with Gasteiger partial charge in [-0.25, -0.2) is 4.79 Å². The standard InChI is InChI=1S/C7H8O4.ClH/c8-2-4-11-7(9)6-1-3-10-5-6;/h1,3,5,8H,2,4H2;1H. The number of aliphatic hydroxyl groups excluding tert-OH is 1. The van der Waals surface area contributed by atoms with Crippen molar-refractivity contribution in [2.75, 3.05) is 13.2 Å². The van der Waals surface area contributed by atoms with Crippen LogP contribution in [0.5, 0.6) is 0 Å². The van der Waals surface area contributed by atoms with E-state index < -0.39 is 5.97 Å². The fourth-order valence-corrected chi connectivity index (χ4v) is 0.602. The lowest BCUT2D eigenvalue weighted by Gasteiger charge is -1.97.